The summed E-state index contributed by atoms with van der Waals surface area (Å²) in [6, 6.07) is 13.9. The smallest absolute Gasteiger partial charge is 0.339 e. The number of amides is 2. The van der Waals surface area contributed by atoms with Gasteiger partial charge in [-0.05, 0) is 37.6 Å². The first-order valence-corrected chi connectivity index (χ1v) is 10.5. The lowest BCUT2D eigenvalue weighted by Crippen LogP contribution is -2.35. The van der Waals surface area contributed by atoms with Crippen LogP contribution in [0.2, 0.25) is 0 Å². The van der Waals surface area contributed by atoms with Crippen molar-refractivity contribution in [3.63, 3.8) is 0 Å². The minimum atomic E-state index is -0.606. The number of benzene rings is 2. The summed E-state index contributed by atoms with van der Waals surface area (Å²) < 4.78 is 10.3. The zero-order valence-corrected chi connectivity index (χ0v) is 18.1. The Morgan fingerprint density at radius 1 is 1.07 bits per heavy atom. The van der Waals surface area contributed by atoms with E-state index in [0.29, 0.717) is 21.9 Å². The lowest BCUT2D eigenvalue weighted by atomic mass is 10.2. The topological polar surface area (TPSA) is 93.7 Å². The maximum Gasteiger partial charge on any atom is 0.339 e. The van der Waals surface area contributed by atoms with Crippen LogP contribution < -0.4 is 15.4 Å². The Hall–Kier alpha value is -3.00. The van der Waals surface area contributed by atoms with Gasteiger partial charge >= 0.3 is 5.97 Å². The number of thioether (sulfide) groups is 1. The van der Waals surface area contributed by atoms with E-state index in [-0.39, 0.29) is 30.2 Å². The van der Waals surface area contributed by atoms with Gasteiger partial charge in [-0.25, -0.2) is 4.79 Å². The van der Waals surface area contributed by atoms with Crippen molar-refractivity contribution in [2.75, 3.05) is 24.8 Å². The Morgan fingerprint density at radius 2 is 1.83 bits per heavy atom. The first-order chi connectivity index (χ1) is 14.4. The van der Waals surface area contributed by atoms with Gasteiger partial charge in [0.15, 0.2) is 6.61 Å². The third-order valence-electron chi connectivity index (χ3n) is 4.17. The summed E-state index contributed by atoms with van der Waals surface area (Å²) >= 11 is 1.22. The molecule has 160 valence electrons. The Balaban J connectivity index is 1.91. The van der Waals surface area contributed by atoms with E-state index in [1.165, 1.54) is 11.8 Å². The Morgan fingerprint density at radius 3 is 2.57 bits per heavy atom. The summed E-state index contributed by atoms with van der Waals surface area (Å²) in [6.45, 7) is 3.48. The largest absolute Gasteiger partial charge is 0.497 e. The second kappa shape index (κ2) is 11.9. The minimum Gasteiger partial charge on any atom is -0.497 e. The van der Waals surface area contributed by atoms with Crippen molar-refractivity contribution in [2.45, 2.75) is 31.2 Å². The van der Waals surface area contributed by atoms with Gasteiger partial charge in [0.25, 0.3) is 5.91 Å². The lowest BCUT2D eigenvalue weighted by Gasteiger charge is -2.12. The molecule has 2 N–H and O–H groups in total. The number of esters is 1. The van der Waals surface area contributed by atoms with Crippen LogP contribution in [0.15, 0.2) is 53.4 Å². The highest BCUT2D eigenvalue weighted by atomic mass is 32.2. The summed E-state index contributed by atoms with van der Waals surface area (Å²) in [5.41, 5.74) is 0.938. The van der Waals surface area contributed by atoms with Crippen molar-refractivity contribution >= 4 is 35.2 Å². The third-order valence-corrected chi connectivity index (χ3v) is 5.25. The van der Waals surface area contributed by atoms with Gasteiger partial charge in [-0.15, -0.1) is 11.8 Å². The van der Waals surface area contributed by atoms with Crippen molar-refractivity contribution in [3.8, 4) is 5.75 Å². The van der Waals surface area contributed by atoms with Crippen molar-refractivity contribution < 1.29 is 23.9 Å². The molecule has 7 nitrogen and oxygen atoms in total. The standard InChI is InChI=1S/C22H26N2O5S/c1-4-15(2)23-20(25)13-29-22(27)18-10-5-6-11-19(18)30-14-21(26)24-16-8-7-9-17(12-16)28-3/h5-12,15H,4,13-14H2,1-3H3,(H,23,25)(H,24,26). The lowest BCUT2D eigenvalue weighted by molar-refractivity contribution is -0.124. The Bertz CT molecular complexity index is 887. The first kappa shape index (κ1) is 23.3. The molecular weight excluding hydrogens is 404 g/mol. The molecule has 0 aliphatic heterocycles. The van der Waals surface area contributed by atoms with Crippen LogP contribution in [0.3, 0.4) is 0 Å². The van der Waals surface area contributed by atoms with Crippen molar-refractivity contribution in [1.29, 1.82) is 0 Å². The summed E-state index contributed by atoms with van der Waals surface area (Å²) in [4.78, 5) is 37.1. The fourth-order valence-corrected chi connectivity index (χ4v) is 3.27. The SMILES string of the molecule is CCC(C)NC(=O)COC(=O)c1ccccc1SCC(=O)Nc1cccc(OC)c1. The normalized spacial score (nSPS) is 11.3. The van der Waals surface area contributed by atoms with E-state index >= 15 is 0 Å². The van der Waals surface area contributed by atoms with Crippen LogP contribution >= 0.6 is 11.8 Å². The molecule has 0 aliphatic rings. The summed E-state index contributed by atoms with van der Waals surface area (Å²) in [6.07, 6.45) is 0.789. The molecular formula is C22H26N2O5S. The monoisotopic (exact) mass is 430 g/mol. The number of anilines is 1. The highest BCUT2D eigenvalue weighted by Gasteiger charge is 2.16. The number of carbonyl (C=O) groups is 3. The third kappa shape index (κ3) is 7.44. The van der Waals surface area contributed by atoms with Crippen LogP contribution in [-0.4, -0.2) is 43.3 Å². The molecule has 0 aliphatic carbocycles. The van der Waals surface area contributed by atoms with Gasteiger partial charge in [-0.3, -0.25) is 9.59 Å². The molecule has 0 bridgehead atoms. The maximum atomic E-state index is 12.4. The van der Waals surface area contributed by atoms with Gasteiger partial charge in [-0.1, -0.05) is 25.1 Å². The summed E-state index contributed by atoms with van der Waals surface area (Å²) in [5, 5.41) is 5.53. The zero-order valence-electron chi connectivity index (χ0n) is 17.3. The van der Waals surface area contributed by atoms with E-state index in [1.807, 2.05) is 13.8 Å². The average molecular weight is 431 g/mol. The number of methoxy groups -OCH3 is 1. The van der Waals surface area contributed by atoms with E-state index < -0.39 is 5.97 Å². The predicted molar refractivity (Wildman–Crippen MR) is 117 cm³/mol. The molecule has 0 heterocycles. The zero-order chi connectivity index (χ0) is 21.9. The molecule has 2 rings (SSSR count). The molecule has 2 amide bonds. The van der Waals surface area contributed by atoms with Crippen molar-refractivity contribution in [2.24, 2.45) is 0 Å². The molecule has 1 unspecified atom stereocenters. The fourth-order valence-electron chi connectivity index (χ4n) is 2.43. The molecule has 30 heavy (non-hydrogen) atoms. The molecule has 2 aromatic rings. The molecule has 2 aromatic carbocycles. The Labute approximate surface area is 180 Å². The highest BCUT2D eigenvalue weighted by Crippen LogP contribution is 2.24. The van der Waals surface area contributed by atoms with Crippen molar-refractivity contribution in [3.05, 3.63) is 54.1 Å². The molecule has 0 radical (unpaired) electrons. The molecule has 8 heteroatoms. The van der Waals surface area contributed by atoms with Gasteiger partial charge in [0.05, 0.1) is 18.4 Å². The van der Waals surface area contributed by atoms with Crippen molar-refractivity contribution in [1.82, 2.24) is 5.32 Å². The molecule has 0 spiro atoms. The highest BCUT2D eigenvalue weighted by molar-refractivity contribution is 8.00. The maximum absolute atomic E-state index is 12.4. The molecule has 1 atom stereocenters. The number of rotatable bonds is 10. The van der Waals surface area contributed by atoms with Crippen LogP contribution in [0.25, 0.3) is 0 Å². The van der Waals surface area contributed by atoms with Crippen LogP contribution in [-0.2, 0) is 14.3 Å². The number of carbonyl (C=O) groups excluding carboxylic acids is 3. The number of nitrogens with one attached hydrogen (secondary N) is 2. The quantitative estimate of drug-likeness (QED) is 0.443. The van der Waals surface area contributed by atoms with Gasteiger partial charge in [0.1, 0.15) is 5.75 Å². The van der Waals surface area contributed by atoms with Gasteiger partial charge < -0.3 is 20.1 Å². The Kier molecular flexibility index (Phi) is 9.21. The van der Waals surface area contributed by atoms with E-state index in [4.69, 9.17) is 9.47 Å². The van der Waals surface area contributed by atoms with E-state index in [0.717, 1.165) is 6.42 Å². The molecule has 0 saturated carbocycles. The van der Waals surface area contributed by atoms with Gasteiger partial charge in [-0.2, -0.15) is 0 Å². The van der Waals surface area contributed by atoms with Crippen LogP contribution in [0.5, 0.6) is 5.75 Å². The van der Waals surface area contributed by atoms with E-state index in [9.17, 15) is 14.4 Å². The summed E-state index contributed by atoms with van der Waals surface area (Å²) in [7, 11) is 1.56. The first-order valence-electron chi connectivity index (χ1n) is 9.55. The minimum absolute atomic E-state index is 0.0159. The average Bonchev–Trinajstić information content (AvgIpc) is 2.76. The molecule has 0 saturated heterocycles. The van der Waals surface area contributed by atoms with Crippen LogP contribution in [0, 0.1) is 0 Å². The van der Waals surface area contributed by atoms with E-state index in [1.54, 1.807) is 55.6 Å². The fraction of sp³-hybridized carbons (Fsp3) is 0.318. The summed E-state index contributed by atoms with van der Waals surface area (Å²) in [5.74, 6) is -0.419. The number of hydrogen-bond acceptors (Lipinski definition) is 6. The molecule has 0 fully saturated rings. The second-order valence-electron chi connectivity index (χ2n) is 6.52. The van der Waals surface area contributed by atoms with Gasteiger partial charge in [0, 0.05) is 22.7 Å². The number of hydrogen-bond donors (Lipinski definition) is 2. The predicted octanol–water partition coefficient (Wildman–Crippen LogP) is 3.50. The van der Waals surface area contributed by atoms with E-state index in [2.05, 4.69) is 10.6 Å². The van der Waals surface area contributed by atoms with Crippen LogP contribution in [0.1, 0.15) is 30.6 Å². The van der Waals surface area contributed by atoms with Gasteiger partial charge in [0.2, 0.25) is 5.91 Å². The second-order valence-corrected chi connectivity index (χ2v) is 7.54. The molecule has 0 aromatic heterocycles. The van der Waals surface area contributed by atoms with Crippen LogP contribution in [0.4, 0.5) is 5.69 Å². The number of ether oxygens (including phenoxy) is 2.